The fourth-order valence-corrected chi connectivity index (χ4v) is 4.36. The van der Waals surface area contributed by atoms with Crippen molar-refractivity contribution in [2.24, 2.45) is 0 Å². The van der Waals surface area contributed by atoms with E-state index < -0.39 is 16.1 Å². The summed E-state index contributed by atoms with van der Waals surface area (Å²) in [5.41, 5.74) is 2.24. The summed E-state index contributed by atoms with van der Waals surface area (Å²) in [4.78, 5) is 12.1. The minimum absolute atomic E-state index is 0.0573. The van der Waals surface area contributed by atoms with Crippen LogP contribution in [0.25, 0.3) is 0 Å². The molecule has 7 heteroatoms. The number of nitrogens with one attached hydrogen (secondary N) is 1. The van der Waals surface area contributed by atoms with Gasteiger partial charge < -0.3 is 10.1 Å². The number of carbonyl (C=O) groups is 1. The first-order chi connectivity index (χ1) is 13.0. The lowest BCUT2D eigenvalue weighted by atomic mass is 10.0. The summed E-state index contributed by atoms with van der Waals surface area (Å²) < 4.78 is 32.2. The number of hydrogen-bond acceptors (Lipinski definition) is 4. The van der Waals surface area contributed by atoms with Gasteiger partial charge >= 0.3 is 0 Å². The van der Waals surface area contributed by atoms with Crippen molar-refractivity contribution < 1.29 is 17.9 Å². The van der Waals surface area contributed by atoms with E-state index in [9.17, 15) is 13.2 Å². The van der Waals surface area contributed by atoms with E-state index in [0.717, 1.165) is 5.56 Å². The molecule has 1 atom stereocenters. The lowest BCUT2D eigenvalue weighted by Crippen LogP contribution is -2.42. The maximum absolute atomic E-state index is 12.6. The molecule has 3 rings (SSSR count). The van der Waals surface area contributed by atoms with E-state index in [1.807, 2.05) is 42.5 Å². The maximum atomic E-state index is 12.6. The van der Waals surface area contributed by atoms with Crippen molar-refractivity contribution in [1.29, 1.82) is 0 Å². The van der Waals surface area contributed by atoms with E-state index in [1.54, 1.807) is 19.1 Å². The van der Waals surface area contributed by atoms with Gasteiger partial charge in [-0.15, -0.1) is 0 Å². The van der Waals surface area contributed by atoms with Crippen molar-refractivity contribution in [2.75, 3.05) is 18.8 Å². The number of benzene rings is 2. The van der Waals surface area contributed by atoms with Crippen molar-refractivity contribution in [3.8, 4) is 5.75 Å². The van der Waals surface area contributed by atoms with Gasteiger partial charge in [0.1, 0.15) is 5.75 Å². The molecular formula is C20H24N2O4S. The number of carbonyl (C=O) groups excluding carboxylic acids is 1. The minimum atomic E-state index is -3.43. The average Bonchev–Trinajstić information content (AvgIpc) is 2.68. The highest BCUT2D eigenvalue weighted by Gasteiger charge is 2.26. The SMILES string of the molecule is CC(Oc1ccccc1)C(=O)NCCS(=O)(=O)N1CCc2ccccc2C1. The van der Waals surface area contributed by atoms with Crippen LogP contribution in [0.15, 0.2) is 54.6 Å². The molecule has 0 saturated heterocycles. The van der Waals surface area contributed by atoms with E-state index in [2.05, 4.69) is 5.32 Å². The fourth-order valence-electron chi connectivity index (χ4n) is 3.04. The van der Waals surface area contributed by atoms with Crippen molar-refractivity contribution in [3.05, 3.63) is 65.7 Å². The maximum Gasteiger partial charge on any atom is 0.260 e. The predicted octanol–water partition coefficient (Wildman–Crippen LogP) is 1.96. The number of hydrogen-bond donors (Lipinski definition) is 1. The summed E-state index contributed by atoms with van der Waals surface area (Å²) in [7, 11) is -3.43. The highest BCUT2D eigenvalue weighted by atomic mass is 32.2. The van der Waals surface area contributed by atoms with Crippen molar-refractivity contribution in [3.63, 3.8) is 0 Å². The molecule has 0 spiro atoms. The monoisotopic (exact) mass is 388 g/mol. The summed E-state index contributed by atoms with van der Waals surface area (Å²) in [6.07, 6.45) is 0.0148. The van der Waals surface area contributed by atoms with Crippen LogP contribution in [0.1, 0.15) is 18.1 Å². The molecule has 0 aliphatic carbocycles. The molecule has 1 amide bonds. The number of amides is 1. The first-order valence-electron chi connectivity index (χ1n) is 9.00. The van der Waals surface area contributed by atoms with Crippen LogP contribution in [0, 0.1) is 0 Å². The minimum Gasteiger partial charge on any atom is -0.481 e. The van der Waals surface area contributed by atoms with E-state index >= 15 is 0 Å². The Morgan fingerprint density at radius 3 is 2.52 bits per heavy atom. The molecule has 0 fully saturated rings. The Morgan fingerprint density at radius 2 is 1.78 bits per heavy atom. The molecule has 2 aromatic carbocycles. The van der Waals surface area contributed by atoms with Gasteiger partial charge in [-0.25, -0.2) is 8.42 Å². The van der Waals surface area contributed by atoms with Crippen molar-refractivity contribution in [1.82, 2.24) is 9.62 Å². The third-order valence-corrected chi connectivity index (χ3v) is 6.39. The average molecular weight is 388 g/mol. The highest BCUT2D eigenvalue weighted by Crippen LogP contribution is 2.20. The van der Waals surface area contributed by atoms with E-state index in [4.69, 9.17) is 4.74 Å². The smallest absolute Gasteiger partial charge is 0.260 e. The van der Waals surface area contributed by atoms with Gasteiger partial charge in [0.2, 0.25) is 10.0 Å². The second kappa shape index (κ2) is 8.54. The Kier molecular flexibility index (Phi) is 6.13. The third-order valence-electron chi connectivity index (χ3n) is 4.57. The van der Waals surface area contributed by atoms with Crippen molar-refractivity contribution in [2.45, 2.75) is 26.0 Å². The molecule has 1 aliphatic heterocycles. The van der Waals surface area contributed by atoms with E-state index in [1.165, 1.54) is 9.87 Å². The molecule has 1 N–H and O–H groups in total. The van der Waals surface area contributed by atoms with Gasteiger partial charge in [-0.3, -0.25) is 4.79 Å². The molecule has 0 saturated carbocycles. The third kappa shape index (κ3) is 5.08. The molecule has 6 nitrogen and oxygen atoms in total. The van der Waals surface area contributed by atoms with Crippen molar-refractivity contribution >= 4 is 15.9 Å². The first-order valence-corrected chi connectivity index (χ1v) is 10.6. The summed E-state index contributed by atoms with van der Waals surface area (Å²) in [6, 6.07) is 16.9. The molecule has 0 bridgehead atoms. The zero-order chi connectivity index (χ0) is 19.3. The standard InChI is InChI=1S/C20H24N2O4S/c1-16(26-19-9-3-2-4-10-19)20(23)21-12-14-27(24,25)22-13-11-17-7-5-6-8-18(17)15-22/h2-10,16H,11-15H2,1H3,(H,21,23). The molecule has 0 radical (unpaired) electrons. The van der Waals surface area contributed by atoms with Crippen LogP contribution in [-0.2, 0) is 27.8 Å². The topological polar surface area (TPSA) is 75.7 Å². The van der Waals surface area contributed by atoms with Gasteiger partial charge in [-0.05, 0) is 36.6 Å². The zero-order valence-electron chi connectivity index (χ0n) is 15.3. The van der Waals surface area contributed by atoms with Gasteiger partial charge in [0.15, 0.2) is 6.10 Å². The Morgan fingerprint density at radius 1 is 1.11 bits per heavy atom. The largest absolute Gasteiger partial charge is 0.481 e. The number of sulfonamides is 1. The van der Waals surface area contributed by atoms with Gasteiger partial charge in [-0.2, -0.15) is 4.31 Å². The quantitative estimate of drug-likeness (QED) is 0.787. The first kappa shape index (κ1) is 19.4. The zero-order valence-corrected chi connectivity index (χ0v) is 16.1. The van der Waals surface area contributed by atoms with Gasteiger partial charge in [0, 0.05) is 19.6 Å². The summed E-state index contributed by atoms with van der Waals surface area (Å²) in [5.74, 6) is 0.136. The Bertz CT molecular complexity index is 884. The summed E-state index contributed by atoms with van der Waals surface area (Å²) in [6.45, 7) is 2.56. The molecule has 1 aliphatic rings. The molecule has 144 valence electrons. The Labute approximate surface area is 160 Å². The number of nitrogens with zero attached hydrogens (tertiary/aromatic N) is 1. The van der Waals surface area contributed by atoms with Gasteiger partial charge in [0.05, 0.1) is 5.75 Å². The predicted molar refractivity (Wildman–Crippen MR) is 104 cm³/mol. The summed E-state index contributed by atoms with van der Waals surface area (Å²) in [5, 5.41) is 2.65. The van der Waals surface area contributed by atoms with Crippen LogP contribution in [0.4, 0.5) is 0 Å². The second-order valence-corrected chi connectivity index (χ2v) is 8.62. The fraction of sp³-hybridized carbons (Fsp3) is 0.350. The van der Waals surface area contributed by atoms with Crippen LogP contribution in [-0.4, -0.2) is 43.6 Å². The lowest BCUT2D eigenvalue weighted by molar-refractivity contribution is -0.127. The molecular weight excluding hydrogens is 364 g/mol. The van der Waals surface area contributed by atoms with Crippen LogP contribution >= 0.6 is 0 Å². The Balaban J connectivity index is 1.48. The molecule has 1 unspecified atom stereocenters. The van der Waals surface area contributed by atoms with E-state index in [0.29, 0.717) is 25.3 Å². The molecule has 27 heavy (non-hydrogen) atoms. The Hall–Kier alpha value is -2.38. The highest BCUT2D eigenvalue weighted by molar-refractivity contribution is 7.89. The normalized spacial score (nSPS) is 15.6. The molecule has 0 aromatic heterocycles. The number of fused-ring (bicyclic) bond motifs is 1. The molecule has 1 heterocycles. The van der Waals surface area contributed by atoms with Gasteiger partial charge in [-0.1, -0.05) is 42.5 Å². The van der Waals surface area contributed by atoms with Gasteiger partial charge in [0.25, 0.3) is 5.91 Å². The number of rotatable bonds is 7. The number of ether oxygens (including phenoxy) is 1. The van der Waals surface area contributed by atoms with Crippen LogP contribution < -0.4 is 10.1 Å². The van der Waals surface area contributed by atoms with Crippen LogP contribution in [0.2, 0.25) is 0 Å². The van der Waals surface area contributed by atoms with Crippen LogP contribution in [0.3, 0.4) is 0 Å². The lowest BCUT2D eigenvalue weighted by Gasteiger charge is -2.28. The summed E-state index contributed by atoms with van der Waals surface area (Å²) >= 11 is 0. The second-order valence-electron chi connectivity index (χ2n) is 6.53. The van der Waals surface area contributed by atoms with E-state index in [-0.39, 0.29) is 18.2 Å². The number of para-hydroxylation sites is 1. The van der Waals surface area contributed by atoms with Crippen LogP contribution in [0.5, 0.6) is 5.75 Å². The molecule has 2 aromatic rings.